The number of carbonyl (C=O) groups is 2. The molecule has 10 nitrogen and oxygen atoms in total. The summed E-state index contributed by atoms with van der Waals surface area (Å²) in [5.41, 5.74) is 3.50. The Kier molecular flexibility index (Phi) is 7.02. The normalized spacial score (nSPS) is 11.7. The monoisotopic (exact) mass is 477 g/mol. The molecule has 0 fully saturated rings. The average Bonchev–Trinajstić information content (AvgIpc) is 3.49. The number of aromatic nitrogens is 5. The minimum Gasteiger partial charge on any atom is -0.361 e. The van der Waals surface area contributed by atoms with Crippen LogP contribution in [0.1, 0.15) is 40.3 Å². The molecular formula is C23H23N7O3S. The summed E-state index contributed by atoms with van der Waals surface area (Å²) >= 11 is 1.45. The molecule has 0 aliphatic carbocycles. The van der Waals surface area contributed by atoms with E-state index in [0.717, 1.165) is 17.0 Å². The van der Waals surface area contributed by atoms with Gasteiger partial charge in [-0.25, -0.2) is 14.6 Å². The highest BCUT2D eigenvalue weighted by Gasteiger charge is 2.17. The van der Waals surface area contributed by atoms with Crippen molar-refractivity contribution in [2.75, 3.05) is 10.6 Å². The van der Waals surface area contributed by atoms with E-state index in [-0.39, 0.29) is 11.8 Å². The van der Waals surface area contributed by atoms with Crippen LogP contribution in [0.3, 0.4) is 0 Å². The predicted octanol–water partition coefficient (Wildman–Crippen LogP) is 4.02. The van der Waals surface area contributed by atoms with E-state index in [2.05, 4.69) is 30.9 Å². The molecule has 2 N–H and O–H groups in total. The Morgan fingerprint density at radius 2 is 1.85 bits per heavy atom. The highest BCUT2D eigenvalue weighted by Crippen LogP contribution is 2.28. The van der Waals surface area contributed by atoms with E-state index in [4.69, 9.17) is 4.52 Å². The maximum Gasteiger partial charge on any atom is 0.258 e. The molecule has 3 heterocycles. The molecular weight excluding hydrogens is 454 g/mol. The first-order valence-corrected chi connectivity index (χ1v) is 11.5. The lowest BCUT2D eigenvalue weighted by Crippen LogP contribution is -2.24. The molecule has 34 heavy (non-hydrogen) atoms. The number of thioether (sulfide) groups is 1. The fourth-order valence-electron chi connectivity index (χ4n) is 3.15. The zero-order chi connectivity index (χ0) is 24.1. The Morgan fingerprint density at radius 3 is 2.50 bits per heavy atom. The SMILES string of the molecule is Cc1noc(C)c1CSc1ncccc1C(=O)Nc1ccc(NC(=O)C(C)n2cncn2)cc1. The van der Waals surface area contributed by atoms with Gasteiger partial charge < -0.3 is 15.2 Å². The van der Waals surface area contributed by atoms with E-state index >= 15 is 0 Å². The number of carbonyl (C=O) groups excluding carboxylic acids is 2. The van der Waals surface area contributed by atoms with E-state index < -0.39 is 6.04 Å². The van der Waals surface area contributed by atoms with E-state index in [1.54, 1.807) is 49.5 Å². The van der Waals surface area contributed by atoms with Gasteiger partial charge >= 0.3 is 0 Å². The van der Waals surface area contributed by atoms with Crippen LogP contribution in [0.5, 0.6) is 0 Å². The minimum atomic E-state index is -0.506. The van der Waals surface area contributed by atoms with Gasteiger partial charge in [0.2, 0.25) is 5.91 Å². The number of nitrogens with zero attached hydrogens (tertiary/aromatic N) is 5. The Labute approximate surface area is 200 Å². The zero-order valence-corrected chi connectivity index (χ0v) is 19.7. The second-order valence-electron chi connectivity index (χ2n) is 7.52. The lowest BCUT2D eigenvalue weighted by atomic mass is 10.2. The summed E-state index contributed by atoms with van der Waals surface area (Å²) in [6, 6.07) is 9.84. The molecule has 11 heteroatoms. The Hall–Kier alpha value is -3.99. The molecule has 0 spiro atoms. The molecule has 4 rings (SSSR count). The van der Waals surface area contributed by atoms with Crippen molar-refractivity contribution in [1.29, 1.82) is 0 Å². The Bertz CT molecular complexity index is 1270. The van der Waals surface area contributed by atoms with Crippen LogP contribution in [0.2, 0.25) is 0 Å². The number of nitrogens with one attached hydrogen (secondary N) is 2. The molecule has 0 radical (unpaired) electrons. The summed E-state index contributed by atoms with van der Waals surface area (Å²) in [5.74, 6) is 0.859. The van der Waals surface area contributed by atoms with Gasteiger partial charge in [-0.1, -0.05) is 5.16 Å². The first-order chi connectivity index (χ1) is 16.4. The first kappa shape index (κ1) is 23.2. The highest BCUT2D eigenvalue weighted by molar-refractivity contribution is 7.98. The highest BCUT2D eigenvalue weighted by atomic mass is 32.2. The summed E-state index contributed by atoms with van der Waals surface area (Å²) in [6.45, 7) is 5.48. The second-order valence-corrected chi connectivity index (χ2v) is 8.48. The molecule has 1 aromatic carbocycles. The summed E-state index contributed by atoms with van der Waals surface area (Å²) in [6.07, 6.45) is 4.52. The van der Waals surface area contributed by atoms with Gasteiger partial charge in [0.1, 0.15) is 29.5 Å². The number of pyridine rings is 1. The molecule has 0 aliphatic rings. The molecule has 0 bridgehead atoms. The van der Waals surface area contributed by atoms with Crippen molar-refractivity contribution in [2.45, 2.75) is 37.6 Å². The van der Waals surface area contributed by atoms with Gasteiger partial charge in [0.15, 0.2) is 0 Å². The van der Waals surface area contributed by atoms with Gasteiger partial charge in [-0.2, -0.15) is 5.10 Å². The van der Waals surface area contributed by atoms with E-state index in [9.17, 15) is 9.59 Å². The summed E-state index contributed by atoms with van der Waals surface area (Å²) in [7, 11) is 0. The van der Waals surface area contributed by atoms with Crippen molar-refractivity contribution in [2.24, 2.45) is 0 Å². The summed E-state index contributed by atoms with van der Waals surface area (Å²) < 4.78 is 6.68. The fourth-order valence-corrected chi connectivity index (χ4v) is 4.29. The molecule has 2 amide bonds. The van der Waals surface area contributed by atoms with Crippen LogP contribution in [0.25, 0.3) is 0 Å². The van der Waals surface area contributed by atoms with Crippen LogP contribution < -0.4 is 10.6 Å². The van der Waals surface area contributed by atoms with Crippen LogP contribution in [0.15, 0.2) is 64.8 Å². The molecule has 0 saturated heterocycles. The lowest BCUT2D eigenvalue weighted by molar-refractivity contribution is -0.119. The van der Waals surface area contributed by atoms with Crippen molar-refractivity contribution < 1.29 is 14.1 Å². The van der Waals surface area contributed by atoms with Gasteiger partial charge in [-0.3, -0.25) is 9.59 Å². The summed E-state index contributed by atoms with van der Waals surface area (Å²) in [4.78, 5) is 33.6. The smallest absolute Gasteiger partial charge is 0.258 e. The first-order valence-electron chi connectivity index (χ1n) is 10.5. The lowest BCUT2D eigenvalue weighted by Gasteiger charge is -2.13. The number of benzene rings is 1. The van der Waals surface area contributed by atoms with Crippen LogP contribution in [-0.4, -0.2) is 36.7 Å². The quantitative estimate of drug-likeness (QED) is 0.364. The van der Waals surface area contributed by atoms with Crippen molar-refractivity contribution >= 4 is 35.0 Å². The standard InChI is InChI=1S/C23H23N7O3S/c1-14-20(16(3)33-29-14)11-34-23-19(5-4-10-25-23)22(32)28-18-8-6-17(7-9-18)27-21(31)15(2)30-13-24-12-26-30/h4-10,12-13,15H,11H2,1-3H3,(H,27,31)(H,28,32). The average molecular weight is 478 g/mol. The third-order valence-corrected chi connectivity index (χ3v) is 6.21. The number of aryl methyl sites for hydroxylation is 2. The van der Waals surface area contributed by atoms with Crippen LogP contribution in [0.4, 0.5) is 11.4 Å². The van der Waals surface area contributed by atoms with Crippen molar-refractivity contribution in [3.05, 3.63) is 77.8 Å². The van der Waals surface area contributed by atoms with Gasteiger partial charge in [0, 0.05) is 28.9 Å². The number of hydrogen-bond donors (Lipinski definition) is 2. The molecule has 1 unspecified atom stereocenters. The van der Waals surface area contributed by atoms with E-state index in [1.807, 2.05) is 13.8 Å². The van der Waals surface area contributed by atoms with Crippen molar-refractivity contribution in [1.82, 2.24) is 24.9 Å². The third kappa shape index (κ3) is 5.31. The molecule has 1 atom stereocenters. The van der Waals surface area contributed by atoms with Gasteiger partial charge in [0.25, 0.3) is 5.91 Å². The number of amides is 2. The van der Waals surface area contributed by atoms with Gasteiger partial charge in [0.05, 0.1) is 11.3 Å². The molecule has 174 valence electrons. The molecule has 3 aromatic heterocycles. The predicted molar refractivity (Wildman–Crippen MR) is 128 cm³/mol. The number of rotatable bonds is 8. The van der Waals surface area contributed by atoms with E-state index in [0.29, 0.717) is 27.7 Å². The molecule has 4 aromatic rings. The van der Waals surface area contributed by atoms with Gasteiger partial charge in [-0.15, -0.1) is 11.8 Å². The fraction of sp³-hybridized carbons (Fsp3) is 0.217. The summed E-state index contributed by atoms with van der Waals surface area (Å²) in [5, 5.41) is 14.3. The van der Waals surface area contributed by atoms with Crippen LogP contribution >= 0.6 is 11.8 Å². The topological polar surface area (TPSA) is 128 Å². The van der Waals surface area contributed by atoms with E-state index in [1.165, 1.54) is 29.1 Å². The maximum atomic E-state index is 12.9. The maximum absolute atomic E-state index is 12.9. The molecule has 0 aliphatic heterocycles. The Morgan fingerprint density at radius 1 is 1.12 bits per heavy atom. The largest absolute Gasteiger partial charge is 0.361 e. The Balaban J connectivity index is 1.39. The minimum absolute atomic E-state index is 0.224. The third-order valence-electron chi connectivity index (χ3n) is 5.17. The van der Waals surface area contributed by atoms with Crippen LogP contribution in [0, 0.1) is 13.8 Å². The van der Waals surface area contributed by atoms with Gasteiger partial charge in [-0.05, 0) is 57.2 Å². The number of hydrogen-bond acceptors (Lipinski definition) is 8. The zero-order valence-electron chi connectivity index (χ0n) is 18.8. The van der Waals surface area contributed by atoms with Crippen LogP contribution in [-0.2, 0) is 10.5 Å². The number of anilines is 2. The second kappa shape index (κ2) is 10.3. The van der Waals surface area contributed by atoms with Crippen molar-refractivity contribution in [3.63, 3.8) is 0 Å². The molecule has 0 saturated carbocycles. The van der Waals surface area contributed by atoms with Crippen molar-refractivity contribution in [3.8, 4) is 0 Å².